The van der Waals surface area contributed by atoms with Crippen LogP contribution in [0, 0.1) is 0 Å². The number of hydrogen-bond acceptors (Lipinski definition) is 5. The van der Waals surface area contributed by atoms with Gasteiger partial charge in [-0.05, 0) is 33.6 Å². The summed E-state index contributed by atoms with van der Waals surface area (Å²) >= 11 is 0. The maximum atomic E-state index is 11.9. The average Bonchev–Trinajstić information content (AvgIpc) is 2.83. The third-order valence-corrected chi connectivity index (χ3v) is 10.7. The third-order valence-electron chi connectivity index (χ3n) is 5.66. The van der Waals surface area contributed by atoms with Gasteiger partial charge in [0.15, 0.2) is 0 Å². The highest BCUT2D eigenvalue weighted by molar-refractivity contribution is 6.99. The number of hydrogen-bond donors (Lipinski definition) is 1. The van der Waals surface area contributed by atoms with Gasteiger partial charge in [0, 0.05) is 0 Å². The normalized spacial score (nSPS) is 11.6. The largest absolute Gasteiger partial charge is 0.491 e. The minimum absolute atomic E-state index is 0.0502. The number of carboxylic acid groups (broad SMARTS) is 1. The molecule has 0 aliphatic carbocycles. The van der Waals surface area contributed by atoms with E-state index in [0.717, 1.165) is 10.4 Å². The summed E-state index contributed by atoms with van der Waals surface area (Å²) in [6.45, 7) is 7.06. The van der Waals surface area contributed by atoms with Crippen LogP contribution in [0.1, 0.15) is 41.5 Å². The maximum absolute atomic E-state index is 11.9. The zero-order chi connectivity index (χ0) is 24.8. The summed E-state index contributed by atoms with van der Waals surface area (Å²) in [6.07, 6.45) is 0. The number of rotatable bonds is 9. The van der Waals surface area contributed by atoms with E-state index in [4.69, 9.17) is 13.9 Å². The zero-order valence-corrected chi connectivity index (χ0v) is 20.9. The Bertz CT molecular complexity index is 1080. The molecular formula is C27H30O6Si. The molecule has 0 atom stereocenters. The van der Waals surface area contributed by atoms with E-state index in [9.17, 15) is 14.7 Å². The van der Waals surface area contributed by atoms with Crippen LogP contribution in [0.2, 0.25) is 5.04 Å². The van der Waals surface area contributed by atoms with E-state index < -0.39 is 20.3 Å². The summed E-state index contributed by atoms with van der Waals surface area (Å²) in [5.41, 5.74) is 0.0658. The lowest BCUT2D eigenvalue weighted by Crippen LogP contribution is -2.66. The van der Waals surface area contributed by atoms with Gasteiger partial charge in [0.25, 0.3) is 8.32 Å². The van der Waals surface area contributed by atoms with Crippen LogP contribution in [0.5, 0.6) is 5.75 Å². The van der Waals surface area contributed by atoms with E-state index in [-0.39, 0.29) is 35.1 Å². The molecule has 0 saturated heterocycles. The number of carbonyl (C=O) groups is 2. The lowest BCUT2D eigenvalue weighted by atomic mass is 10.1. The van der Waals surface area contributed by atoms with Gasteiger partial charge in [-0.2, -0.15) is 0 Å². The molecule has 0 amide bonds. The number of ether oxygens (including phenoxy) is 2. The smallest absolute Gasteiger partial charge is 0.338 e. The van der Waals surface area contributed by atoms with Gasteiger partial charge in [0.1, 0.15) is 12.4 Å². The Kier molecular flexibility index (Phi) is 7.91. The van der Waals surface area contributed by atoms with E-state index in [1.165, 1.54) is 25.3 Å². The average molecular weight is 479 g/mol. The Labute approximate surface area is 201 Å². The maximum Gasteiger partial charge on any atom is 0.338 e. The SMILES string of the molecule is COC(=O)c1cc(OCCO[Si](c2ccccc2)(c2ccccc2)C(C)(C)C)cc(C(=O)O)c1. The first-order valence-corrected chi connectivity index (χ1v) is 12.9. The van der Waals surface area contributed by atoms with E-state index in [0.29, 0.717) is 0 Å². The summed E-state index contributed by atoms with van der Waals surface area (Å²) in [5, 5.41) is 11.5. The topological polar surface area (TPSA) is 82.1 Å². The number of benzene rings is 3. The molecule has 0 aliphatic rings. The molecule has 3 rings (SSSR count). The van der Waals surface area contributed by atoms with Crippen molar-refractivity contribution in [2.24, 2.45) is 0 Å². The number of carboxylic acids is 1. The Morgan fingerprint density at radius 3 is 1.82 bits per heavy atom. The van der Waals surface area contributed by atoms with Crippen LogP contribution < -0.4 is 15.1 Å². The summed E-state index contributed by atoms with van der Waals surface area (Å²) in [6, 6.07) is 24.7. The van der Waals surface area contributed by atoms with Gasteiger partial charge in [-0.1, -0.05) is 81.4 Å². The second-order valence-corrected chi connectivity index (χ2v) is 13.2. The molecular weight excluding hydrogens is 448 g/mol. The molecule has 7 heteroatoms. The van der Waals surface area contributed by atoms with Crippen LogP contribution in [0.4, 0.5) is 0 Å². The Hall–Kier alpha value is -3.42. The highest BCUT2D eigenvalue weighted by Gasteiger charge is 2.50. The van der Waals surface area contributed by atoms with Crippen molar-refractivity contribution in [3.63, 3.8) is 0 Å². The molecule has 3 aromatic carbocycles. The van der Waals surface area contributed by atoms with E-state index in [1.54, 1.807) is 0 Å². The first-order chi connectivity index (χ1) is 16.2. The zero-order valence-electron chi connectivity index (χ0n) is 19.9. The highest BCUT2D eigenvalue weighted by atomic mass is 28.4. The quantitative estimate of drug-likeness (QED) is 0.283. The predicted octanol–water partition coefficient (Wildman–Crippen LogP) is 4.13. The van der Waals surface area contributed by atoms with Gasteiger partial charge in [-0.15, -0.1) is 0 Å². The van der Waals surface area contributed by atoms with Crippen molar-refractivity contribution in [3.8, 4) is 5.75 Å². The van der Waals surface area contributed by atoms with Crippen LogP contribution in [0.25, 0.3) is 0 Å². The van der Waals surface area contributed by atoms with Crippen LogP contribution >= 0.6 is 0 Å². The number of carbonyl (C=O) groups excluding carboxylic acids is 1. The molecule has 0 radical (unpaired) electrons. The van der Waals surface area contributed by atoms with Gasteiger partial charge in [0.2, 0.25) is 0 Å². The van der Waals surface area contributed by atoms with Crippen molar-refractivity contribution in [1.29, 1.82) is 0 Å². The molecule has 0 aliphatic heterocycles. The van der Waals surface area contributed by atoms with Crippen molar-refractivity contribution >= 4 is 30.6 Å². The van der Waals surface area contributed by atoms with Crippen LogP contribution in [-0.4, -0.2) is 45.7 Å². The fourth-order valence-corrected chi connectivity index (χ4v) is 8.70. The second-order valence-electron chi connectivity index (χ2n) is 8.90. The monoisotopic (exact) mass is 478 g/mol. The van der Waals surface area contributed by atoms with Gasteiger partial charge in [-0.25, -0.2) is 9.59 Å². The first-order valence-electron chi connectivity index (χ1n) is 11.0. The first kappa shape index (κ1) is 25.2. The fourth-order valence-electron chi connectivity index (χ4n) is 4.16. The van der Waals surface area contributed by atoms with Crippen molar-refractivity contribution in [2.75, 3.05) is 20.3 Å². The molecule has 34 heavy (non-hydrogen) atoms. The summed E-state index contributed by atoms with van der Waals surface area (Å²) in [4.78, 5) is 23.4. The molecule has 0 bridgehead atoms. The fraction of sp³-hybridized carbons (Fsp3) is 0.259. The summed E-state index contributed by atoms with van der Waals surface area (Å²) in [7, 11) is -1.46. The van der Waals surface area contributed by atoms with Crippen LogP contribution in [-0.2, 0) is 9.16 Å². The van der Waals surface area contributed by atoms with Crippen LogP contribution in [0.3, 0.4) is 0 Å². The minimum Gasteiger partial charge on any atom is -0.491 e. The molecule has 3 aromatic rings. The highest BCUT2D eigenvalue weighted by Crippen LogP contribution is 2.36. The molecule has 0 unspecified atom stereocenters. The van der Waals surface area contributed by atoms with E-state index >= 15 is 0 Å². The van der Waals surface area contributed by atoms with E-state index in [2.05, 4.69) is 45.0 Å². The molecule has 0 spiro atoms. The minimum atomic E-state index is -2.70. The van der Waals surface area contributed by atoms with Gasteiger partial charge >= 0.3 is 11.9 Å². The Morgan fingerprint density at radius 2 is 1.35 bits per heavy atom. The summed E-state index contributed by atoms with van der Waals surface area (Å²) < 4.78 is 17.3. The Morgan fingerprint density at radius 1 is 0.824 bits per heavy atom. The molecule has 6 nitrogen and oxygen atoms in total. The van der Waals surface area contributed by atoms with Crippen molar-refractivity contribution in [3.05, 3.63) is 90.0 Å². The lowest BCUT2D eigenvalue weighted by molar-refractivity contribution is 0.0600. The van der Waals surface area contributed by atoms with Crippen LogP contribution in [0.15, 0.2) is 78.9 Å². The standard InChI is InChI=1S/C27H30O6Si/c1-27(2,3)34(23-11-7-5-8-12-23,24-13-9-6-10-14-24)33-16-15-32-22-18-20(25(28)29)17-21(19-22)26(30)31-4/h5-14,17-19H,15-16H2,1-4H3,(H,28,29). The molecule has 1 N–H and O–H groups in total. The number of esters is 1. The summed E-state index contributed by atoms with van der Waals surface area (Å²) in [5.74, 6) is -1.51. The molecule has 0 heterocycles. The van der Waals surface area contributed by atoms with Gasteiger partial charge in [-0.3, -0.25) is 0 Å². The Balaban J connectivity index is 1.87. The molecule has 0 saturated carbocycles. The third kappa shape index (κ3) is 5.38. The van der Waals surface area contributed by atoms with Gasteiger partial charge in [0.05, 0.1) is 24.8 Å². The van der Waals surface area contributed by atoms with Crippen molar-refractivity contribution in [2.45, 2.75) is 25.8 Å². The molecule has 0 fully saturated rings. The second kappa shape index (κ2) is 10.7. The molecule has 178 valence electrons. The predicted molar refractivity (Wildman–Crippen MR) is 134 cm³/mol. The molecule has 0 aromatic heterocycles. The van der Waals surface area contributed by atoms with Crippen molar-refractivity contribution in [1.82, 2.24) is 0 Å². The lowest BCUT2D eigenvalue weighted by Gasteiger charge is -2.43. The van der Waals surface area contributed by atoms with E-state index in [1.807, 2.05) is 36.4 Å². The number of aromatic carboxylic acids is 1. The van der Waals surface area contributed by atoms with Gasteiger partial charge < -0.3 is 19.0 Å². The van der Waals surface area contributed by atoms with Crippen molar-refractivity contribution < 1.29 is 28.6 Å². The number of methoxy groups -OCH3 is 1.